The van der Waals surface area contributed by atoms with E-state index in [2.05, 4.69) is 15.8 Å². The van der Waals surface area contributed by atoms with Gasteiger partial charge in [-0.1, -0.05) is 0 Å². The summed E-state index contributed by atoms with van der Waals surface area (Å²) in [5.74, 6) is -0.364. The second-order valence-electron chi connectivity index (χ2n) is 4.37. The lowest BCUT2D eigenvalue weighted by Gasteiger charge is -2.27. The van der Waals surface area contributed by atoms with Gasteiger partial charge >= 0.3 is 0 Å². The lowest BCUT2D eigenvalue weighted by Crippen LogP contribution is -2.48. The predicted molar refractivity (Wildman–Crippen MR) is 80.2 cm³/mol. The Labute approximate surface area is 121 Å². The van der Waals surface area contributed by atoms with Crippen LogP contribution in [0.25, 0.3) is 0 Å². The van der Waals surface area contributed by atoms with Crippen LogP contribution in [0.3, 0.4) is 0 Å². The molecule has 1 saturated heterocycles. The fourth-order valence-corrected chi connectivity index (χ4v) is 1.86. The molecule has 8 heteroatoms. The maximum Gasteiger partial charge on any atom is 0.240 e. The fourth-order valence-electron chi connectivity index (χ4n) is 1.86. The molecule has 0 aliphatic carbocycles. The molecule has 0 spiro atoms. The molecule has 0 bridgehead atoms. The molecule has 1 aliphatic rings. The minimum atomic E-state index is -0.395. The maximum absolute atomic E-state index is 11.8. The summed E-state index contributed by atoms with van der Waals surface area (Å²) in [6.45, 7) is 1.74. The smallest absolute Gasteiger partial charge is 0.240 e. The van der Waals surface area contributed by atoms with E-state index in [9.17, 15) is 4.79 Å². The molecule has 21 heavy (non-hydrogen) atoms. The van der Waals surface area contributed by atoms with E-state index >= 15 is 0 Å². The van der Waals surface area contributed by atoms with Crippen LogP contribution in [0.5, 0.6) is 0 Å². The van der Waals surface area contributed by atoms with Crippen LogP contribution in [-0.4, -0.2) is 37.1 Å². The molecule has 2 rings (SSSR count). The molecule has 8 nitrogen and oxygen atoms in total. The first-order chi connectivity index (χ1) is 10.1. The first-order valence-corrected chi connectivity index (χ1v) is 6.31. The number of amides is 1. The Bertz CT molecular complexity index is 614. The van der Waals surface area contributed by atoms with Crippen LogP contribution in [0.4, 0.5) is 11.4 Å². The molecule has 1 amide bonds. The number of hydrogen-bond donors (Lipinski definition) is 4. The van der Waals surface area contributed by atoms with E-state index in [1.54, 1.807) is 35.2 Å². The Hall–Kier alpha value is -2.92. The Morgan fingerprint density at radius 2 is 2.19 bits per heavy atom. The van der Waals surface area contributed by atoms with Gasteiger partial charge in [0.15, 0.2) is 5.84 Å². The van der Waals surface area contributed by atoms with Crippen molar-refractivity contribution in [1.82, 2.24) is 5.32 Å². The lowest BCUT2D eigenvalue weighted by molar-refractivity contribution is -0.118. The molecule has 1 aromatic rings. The predicted octanol–water partition coefficient (Wildman–Crippen LogP) is -0.150. The summed E-state index contributed by atoms with van der Waals surface area (Å²) in [6.07, 6.45) is 0. The van der Waals surface area contributed by atoms with Crippen molar-refractivity contribution < 1.29 is 4.79 Å². The van der Waals surface area contributed by atoms with Crippen LogP contribution in [0.2, 0.25) is 0 Å². The van der Waals surface area contributed by atoms with E-state index in [0.717, 1.165) is 12.2 Å². The maximum atomic E-state index is 11.8. The first-order valence-electron chi connectivity index (χ1n) is 6.31. The third kappa shape index (κ3) is 3.55. The molecule has 108 valence electrons. The van der Waals surface area contributed by atoms with Crippen LogP contribution in [0, 0.1) is 16.7 Å². The summed E-state index contributed by atoms with van der Waals surface area (Å²) >= 11 is 0. The monoisotopic (exact) mass is 285 g/mol. The van der Waals surface area contributed by atoms with Crippen molar-refractivity contribution in [2.75, 3.05) is 30.0 Å². The van der Waals surface area contributed by atoms with Gasteiger partial charge in [-0.15, -0.1) is 0 Å². The van der Waals surface area contributed by atoms with Gasteiger partial charge in [0.1, 0.15) is 6.07 Å². The van der Waals surface area contributed by atoms with Crippen molar-refractivity contribution in [3.63, 3.8) is 0 Å². The molecule has 0 unspecified atom stereocenters. The standard InChI is InChI=1S/C13H15N7O/c14-7-11(13(15)16)19-18-9-1-3-10(4-2-9)20-6-5-17-8-12(20)21/h1-4,17-18H,5-6,8H2,(H3,15,16)/b19-11+. The highest BCUT2D eigenvalue weighted by atomic mass is 16.2. The SMILES string of the molecule is N#C/C(=N\Nc1ccc(N2CCNCC2=O)cc1)C(=N)N. The Balaban J connectivity index is 2.07. The summed E-state index contributed by atoms with van der Waals surface area (Å²) in [5.41, 5.74) is 9.09. The summed E-state index contributed by atoms with van der Waals surface area (Å²) in [4.78, 5) is 13.5. The number of nitriles is 1. The highest BCUT2D eigenvalue weighted by Gasteiger charge is 2.18. The van der Waals surface area contributed by atoms with Crippen LogP contribution >= 0.6 is 0 Å². The van der Waals surface area contributed by atoms with E-state index < -0.39 is 5.84 Å². The van der Waals surface area contributed by atoms with Crippen molar-refractivity contribution >= 4 is 28.8 Å². The minimum Gasteiger partial charge on any atom is -0.382 e. The number of piperazine rings is 1. The first kappa shape index (κ1) is 14.5. The van der Waals surface area contributed by atoms with Crippen molar-refractivity contribution in [1.29, 1.82) is 10.7 Å². The number of benzene rings is 1. The Kier molecular flexibility index (Phi) is 4.48. The van der Waals surface area contributed by atoms with E-state index in [-0.39, 0.29) is 11.6 Å². The molecular formula is C13H15N7O. The van der Waals surface area contributed by atoms with Crippen LogP contribution in [0.15, 0.2) is 29.4 Å². The second kappa shape index (κ2) is 6.49. The summed E-state index contributed by atoms with van der Waals surface area (Å²) in [6, 6.07) is 8.78. The Morgan fingerprint density at radius 3 is 2.76 bits per heavy atom. The molecular weight excluding hydrogens is 270 g/mol. The summed E-state index contributed by atoms with van der Waals surface area (Å²) in [5, 5.41) is 22.6. The van der Waals surface area contributed by atoms with Gasteiger partial charge in [0, 0.05) is 18.8 Å². The molecule has 1 aromatic carbocycles. The number of nitrogens with zero attached hydrogens (tertiary/aromatic N) is 3. The van der Waals surface area contributed by atoms with Crippen molar-refractivity contribution in [2.24, 2.45) is 10.8 Å². The van der Waals surface area contributed by atoms with Crippen LogP contribution in [0.1, 0.15) is 0 Å². The highest BCUT2D eigenvalue weighted by molar-refractivity contribution is 6.45. The average Bonchev–Trinajstić information content (AvgIpc) is 2.49. The van der Waals surface area contributed by atoms with E-state index in [4.69, 9.17) is 16.4 Å². The molecule has 0 aromatic heterocycles. The third-order valence-corrected chi connectivity index (χ3v) is 2.93. The minimum absolute atomic E-state index is 0.0309. The van der Waals surface area contributed by atoms with Gasteiger partial charge < -0.3 is 16.0 Å². The van der Waals surface area contributed by atoms with Gasteiger partial charge in [-0.05, 0) is 24.3 Å². The van der Waals surface area contributed by atoms with Gasteiger partial charge in [0.2, 0.25) is 11.6 Å². The molecule has 0 atom stereocenters. The van der Waals surface area contributed by atoms with Gasteiger partial charge in [0.05, 0.1) is 12.2 Å². The lowest BCUT2D eigenvalue weighted by atomic mass is 10.2. The largest absolute Gasteiger partial charge is 0.382 e. The summed E-state index contributed by atoms with van der Waals surface area (Å²) < 4.78 is 0. The zero-order valence-corrected chi connectivity index (χ0v) is 11.3. The van der Waals surface area contributed by atoms with Crippen LogP contribution < -0.4 is 21.4 Å². The van der Waals surface area contributed by atoms with Gasteiger partial charge in [-0.3, -0.25) is 15.6 Å². The Morgan fingerprint density at radius 1 is 1.48 bits per heavy atom. The quantitative estimate of drug-likeness (QED) is 0.347. The number of anilines is 2. The normalized spacial score (nSPS) is 15.5. The number of nitrogens with one attached hydrogen (secondary N) is 3. The van der Waals surface area contributed by atoms with E-state index in [1.165, 1.54) is 0 Å². The van der Waals surface area contributed by atoms with E-state index in [0.29, 0.717) is 18.8 Å². The van der Waals surface area contributed by atoms with Gasteiger partial charge in [0.25, 0.3) is 0 Å². The van der Waals surface area contributed by atoms with Crippen LogP contribution in [-0.2, 0) is 4.79 Å². The second-order valence-corrected chi connectivity index (χ2v) is 4.37. The average molecular weight is 285 g/mol. The van der Waals surface area contributed by atoms with Gasteiger partial charge in [-0.2, -0.15) is 10.4 Å². The number of amidine groups is 1. The number of hydrazone groups is 1. The third-order valence-electron chi connectivity index (χ3n) is 2.93. The molecule has 0 saturated carbocycles. The summed E-state index contributed by atoms with van der Waals surface area (Å²) in [7, 11) is 0. The van der Waals surface area contributed by atoms with Crippen molar-refractivity contribution in [2.45, 2.75) is 0 Å². The highest BCUT2D eigenvalue weighted by Crippen LogP contribution is 2.18. The zero-order chi connectivity index (χ0) is 15.2. The number of nitrogens with two attached hydrogens (primary N) is 1. The van der Waals surface area contributed by atoms with Crippen molar-refractivity contribution in [3.05, 3.63) is 24.3 Å². The number of hydrogen-bond acceptors (Lipinski definition) is 6. The number of carbonyl (C=O) groups is 1. The molecule has 1 aliphatic heterocycles. The molecule has 1 fully saturated rings. The number of rotatable bonds is 4. The fraction of sp³-hybridized carbons (Fsp3) is 0.231. The molecule has 5 N–H and O–H groups in total. The topological polar surface area (TPSA) is 130 Å². The zero-order valence-electron chi connectivity index (χ0n) is 11.3. The number of carbonyl (C=O) groups excluding carboxylic acids is 1. The van der Waals surface area contributed by atoms with E-state index in [1.807, 2.05) is 0 Å². The molecule has 0 radical (unpaired) electrons. The van der Waals surface area contributed by atoms with Gasteiger partial charge in [-0.25, -0.2) is 0 Å². The van der Waals surface area contributed by atoms with Crippen molar-refractivity contribution in [3.8, 4) is 6.07 Å². The molecule has 1 heterocycles.